The van der Waals surface area contributed by atoms with Crippen LogP contribution in [0.25, 0.3) is 0 Å². The summed E-state index contributed by atoms with van der Waals surface area (Å²) in [5, 5.41) is 17.3. The molecule has 0 aromatic carbocycles. The van der Waals surface area contributed by atoms with Gasteiger partial charge in [-0.15, -0.1) is 0 Å². The number of rotatable bonds is 6. The van der Waals surface area contributed by atoms with Gasteiger partial charge in [-0.2, -0.15) is 0 Å². The fourth-order valence-corrected chi connectivity index (χ4v) is 1.22. The molecule has 0 radical (unpaired) electrons. The Labute approximate surface area is 69.2 Å². The average molecular weight is 160 g/mol. The summed E-state index contributed by atoms with van der Waals surface area (Å²) in [4.78, 5) is 0. The first-order chi connectivity index (χ1) is 5.16. The minimum atomic E-state index is -1.12. The van der Waals surface area contributed by atoms with Gasteiger partial charge in [0.15, 0.2) is 6.29 Å². The third-order valence-electron chi connectivity index (χ3n) is 1.91. The molecular weight excluding hydrogens is 140 g/mol. The number of unbranched alkanes of at least 4 members (excludes halogenated alkanes) is 2. The van der Waals surface area contributed by atoms with E-state index in [2.05, 4.69) is 13.8 Å². The highest BCUT2D eigenvalue weighted by molar-refractivity contribution is 4.54. The van der Waals surface area contributed by atoms with Gasteiger partial charge in [0.05, 0.1) is 0 Å². The number of aliphatic hydroxyl groups excluding tert-OH is 1. The van der Waals surface area contributed by atoms with Crippen LogP contribution in [0.1, 0.15) is 46.0 Å². The molecule has 2 N–H and O–H groups in total. The molecule has 2 heteroatoms. The first kappa shape index (κ1) is 10.9. The molecule has 0 aliphatic heterocycles. The maximum Gasteiger partial charge on any atom is 0.151 e. The van der Waals surface area contributed by atoms with E-state index in [1.54, 1.807) is 0 Å². The summed E-state index contributed by atoms with van der Waals surface area (Å²) in [6.45, 7) is 4.24. The lowest BCUT2D eigenvalue weighted by molar-refractivity contribution is -0.0551. The van der Waals surface area contributed by atoms with Gasteiger partial charge < -0.3 is 10.2 Å². The Hall–Kier alpha value is -0.0800. The highest BCUT2D eigenvalue weighted by atomic mass is 16.5. The zero-order chi connectivity index (χ0) is 8.69. The van der Waals surface area contributed by atoms with E-state index in [0.29, 0.717) is 12.3 Å². The molecule has 0 saturated heterocycles. The lowest BCUT2D eigenvalue weighted by Gasteiger charge is -2.11. The summed E-state index contributed by atoms with van der Waals surface area (Å²) in [5.74, 6) is 0.446. The van der Waals surface area contributed by atoms with E-state index < -0.39 is 6.29 Å². The minimum absolute atomic E-state index is 0.446. The van der Waals surface area contributed by atoms with Crippen molar-refractivity contribution in [1.29, 1.82) is 0 Å². The molecule has 0 aliphatic rings. The van der Waals surface area contributed by atoms with Crippen molar-refractivity contribution < 1.29 is 10.2 Å². The van der Waals surface area contributed by atoms with Crippen LogP contribution in [0, 0.1) is 5.92 Å². The van der Waals surface area contributed by atoms with Crippen molar-refractivity contribution in [2.75, 3.05) is 0 Å². The lowest BCUT2D eigenvalue weighted by atomic mass is 10.00. The highest BCUT2D eigenvalue weighted by Crippen LogP contribution is 2.13. The van der Waals surface area contributed by atoms with Gasteiger partial charge in [0.1, 0.15) is 0 Å². The minimum Gasteiger partial charge on any atom is -0.368 e. The van der Waals surface area contributed by atoms with E-state index in [1.807, 2.05) is 0 Å². The molecule has 0 amide bonds. The molecule has 0 aromatic rings. The Morgan fingerprint density at radius 3 is 2.27 bits per heavy atom. The maximum atomic E-state index is 8.63. The summed E-state index contributed by atoms with van der Waals surface area (Å²) < 4.78 is 0. The van der Waals surface area contributed by atoms with Crippen molar-refractivity contribution in [3.63, 3.8) is 0 Å². The van der Waals surface area contributed by atoms with Crippen LogP contribution in [0.3, 0.4) is 0 Å². The van der Waals surface area contributed by atoms with Gasteiger partial charge in [0, 0.05) is 6.42 Å². The molecule has 0 rings (SSSR count). The van der Waals surface area contributed by atoms with E-state index in [4.69, 9.17) is 10.2 Å². The summed E-state index contributed by atoms with van der Waals surface area (Å²) >= 11 is 0. The summed E-state index contributed by atoms with van der Waals surface area (Å²) in [5.41, 5.74) is 0. The van der Waals surface area contributed by atoms with Crippen molar-refractivity contribution in [1.82, 2.24) is 0 Å². The van der Waals surface area contributed by atoms with E-state index in [9.17, 15) is 0 Å². The molecular formula is C9H20O2. The van der Waals surface area contributed by atoms with E-state index in [1.165, 1.54) is 19.3 Å². The third kappa shape index (κ3) is 7.82. The van der Waals surface area contributed by atoms with Gasteiger partial charge in [-0.05, 0) is 5.92 Å². The number of hydrogen-bond donors (Lipinski definition) is 2. The molecule has 1 atom stereocenters. The summed E-state index contributed by atoms with van der Waals surface area (Å²) in [6, 6.07) is 0. The first-order valence-corrected chi connectivity index (χ1v) is 4.53. The summed E-state index contributed by atoms with van der Waals surface area (Å²) in [7, 11) is 0. The Kier molecular flexibility index (Phi) is 6.57. The molecule has 0 aliphatic carbocycles. The quantitative estimate of drug-likeness (QED) is 0.460. The van der Waals surface area contributed by atoms with Crippen molar-refractivity contribution >= 4 is 0 Å². The molecule has 0 heterocycles. The number of hydrogen-bond acceptors (Lipinski definition) is 2. The first-order valence-electron chi connectivity index (χ1n) is 4.53. The van der Waals surface area contributed by atoms with E-state index in [0.717, 1.165) is 6.42 Å². The maximum absolute atomic E-state index is 8.63. The second-order valence-electron chi connectivity index (χ2n) is 3.32. The van der Waals surface area contributed by atoms with Crippen LogP contribution in [-0.2, 0) is 0 Å². The fraction of sp³-hybridized carbons (Fsp3) is 1.00. The van der Waals surface area contributed by atoms with E-state index in [-0.39, 0.29) is 0 Å². The monoisotopic (exact) mass is 160 g/mol. The topological polar surface area (TPSA) is 40.5 Å². The Balaban J connectivity index is 3.15. The molecule has 11 heavy (non-hydrogen) atoms. The van der Waals surface area contributed by atoms with Gasteiger partial charge >= 0.3 is 0 Å². The van der Waals surface area contributed by atoms with Crippen molar-refractivity contribution in [2.24, 2.45) is 5.92 Å². The molecule has 1 unspecified atom stereocenters. The molecule has 2 nitrogen and oxygen atoms in total. The van der Waals surface area contributed by atoms with Gasteiger partial charge in [-0.1, -0.05) is 39.5 Å². The van der Waals surface area contributed by atoms with Crippen LogP contribution < -0.4 is 0 Å². The second kappa shape index (κ2) is 6.62. The van der Waals surface area contributed by atoms with Crippen LogP contribution in [0.2, 0.25) is 0 Å². The molecule has 0 aromatic heterocycles. The number of aliphatic hydroxyl groups is 2. The largest absolute Gasteiger partial charge is 0.368 e. The molecule has 68 valence electrons. The van der Waals surface area contributed by atoms with E-state index >= 15 is 0 Å². The third-order valence-corrected chi connectivity index (χ3v) is 1.91. The predicted octanol–water partition coefficient (Wildman–Crippen LogP) is 1.90. The van der Waals surface area contributed by atoms with Crippen LogP contribution >= 0.6 is 0 Å². The summed E-state index contributed by atoms with van der Waals surface area (Å²) in [6.07, 6.45) is 4.21. The molecule has 0 bridgehead atoms. The Morgan fingerprint density at radius 2 is 1.82 bits per heavy atom. The van der Waals surface area contributed by atoms with Crippen molar-refractivity contribution in [3.05, 3.63) is 0 Å². The Bertz CT molecular complexity index is 81.6. The predicted molar refractivity (Wildman–Crippen MR) is 46.1 cm³/mol. The Morgan fingerprint density at radius 1 is 1.18 bits per heavy atom. The van der Waals surface area contributed by atoms with Crippen LogP contribution in [0.4, 0.5) is 0 Å². The zero-order valence-corrected chi connectivity index (χ0v) is 7.58. The van der Waals surface area contributed by atoms with Crippen LogP contribution in [0.5, 0.6) is 0 Å². The van der Waals surface area contributed by atoms with Gasteiger partial charge in [-0.25, -0.2) is 0 Å². The molecule has 0 saturated carbocycles. The smallest absolute Gasteiger partial charge is 0.151 e. The van der Waals surface area contributed by atoms with Crippen LogP contribution in [-0.4, -0.2) is 16.5 Å². The molecule has 0 fully saturated rings. The standard InChI is InChI=1S/C9H20O2/c1-3-4-5-6-8(2)7-9(10)11/h8-11H,3-7H2,1-2H3. The van der Waals surface area contributed by atoms with Crippen molar-refractivity contribution in [2.45, 2.75) is 52.2 Å². The highest BCUT2D eigenvalue weighted by Gasteiger charge is 2.05. The normalized spacial score (nSPS) is 13.9. The van der Waals surface area contributed by atoms with Crippen molar-refractivity contribution in [3.8, 4) is 0 Å². The SMILES string of the molecule is CCCCCC(C)CC(O)O. The van der Waals surface area contributed by atoms with Gasteiger partial charge in [0.25, 0.3) is 0 Å². The van der Waals surface area contributed by atoms with Crippen LogP contribution in [0.15, 0.2) is 0 Å². The lowest BCUT2D eigenvalue weighted by Crippen LogP contribution is -2.09. The average Bonchev–Trinajstić information content (AvgIpc) is 1.86. The fourth-order valence-electron chi connectivity index (χ4n) is 1.22. The second-order valence-corrected chi connectivity index (χ2v) is 3.32. The van der Waals surface area contributed by atoms with Gasteiger partial charge in [-0.3, -0.25) is 0 Å². The molecule has 0 spiro atoms. The van der Waals surface area contributed by atoms with Gasteiger partial charge in [0.2, 0.25) is 0 Å². The zero-order valence-electron chi connectivity index (χ0n) is 7.58.